The average Bonchev–Trinajstić information content (AvgIpc) is 3.16. The SMILES string of the molecule is CCN(CC)S(=O)(=O)c1ccc2c(c1)CCN2CC(=O)Nc1cc(Cl)c(OC)cc1OC. The van der Waals surface area contributed by atoms with Gasteiger partial charge >= 0.3 is 0 Å². The van der Waals surface area contributed by atoms with Crippen molar-refractivity contribution < 1.29 is 22.7 Å². The normalized spacial score (nSPS) is 13.2. The first kappa shape index (κ1) is 24.2. The Balaban J connectivity index is 1.75. The molecule has 8 nitrogen and oxygen atoms in total. The summed E-state index contributed by atoms with van der Waals surface area (Å²) in [5.41, 5.74) is 2.22. The van der Waals surface area contributed by atoms with Crippen LogP contribution in [0.3, 0.4) is 0 Å². The van der Waals surface area contributed by atoms with Crippen LogP contribution in [-0.4, -0.2) is 59.0 Å². The number of methoxy groups -OCH3 is 2. The van der Waals surface area contributed by atoms with Gasteiger partial charge in [0.2, 0.25) is 15.9 Å². The van der Waals surface area contributed by atoms with Gasteiger partial charge in [0, 0.05) is 31.4 Å². The number of hydrogen-bond acceptors (Lipinski definition) is 6. The van der Waals surface area contributed by atoms with Crippen molar-refractivity contribution in [2.75, 3.05) is 50.6 Å². The summed E-state index contributed by atoms with van der Waals surface area (Å²) in [6.45, 7) is 5.21. The van der Waals surface area contributed by atoms with Crippen molar-refractivity contribution in [2.24, 2.45) is 0 Å². The number of carbonyl (C=O) groups is 1. The zero-order chi connectivity index (χ0) is 23.5. The molecule has 0 bridgehead atoms. The molecule has 0 aromatic heterocycles. The Morgan fingerprint density at radius 3 is 2.44 bits per heavy atom. The zero-order valence-electron chi connectivity index (χ0n) is 18.6. The molecule has 2 aromatic rings. The molecule has 1 N–H and O–H groups in total. The lowest BCUT2D eigenvalue weighted by molar-refractivity contribution is -0.115. The second-order valence-corrected chi connectivity index (χ2v) is 9.63. The van der Waals surface area contributed by atoms with Crippen molar-refractivity contribution in [3.63, 3.8) is 0 Å². The molecule has 3 rings (SSSR count). The highest BCUT2D eigenvalue weighted by molar-refractivity contribution is 7.89. The molecular weight excluding hydrogens is 454 g/mol. The number of sulfonamides is 1. The number of fused-ring (bicyclic) bond motifs is 1. The number of anilines is 2. The largest absolute Gasteiger partial charge is 0.495 e. The summed E-state index contributed by atoms with van der Waals surface area (Å²) in [5, 5.41) is 3.19. The maximum absolute atomic E-state index is 12.8. The highest BCUT2D eigenvalue weighted by atomic mass is 35.5. The Hall–Kier alpha value is -2.49. The van der Waals surface area contributed by atoms with Crippen molar-refractivity contribution in [2.45, 2.75) is 25.2 Å². The predicted octanol–water partition coefficient (Wildman–Crippen LogP) is 3.39. The highest BCUT2D eigenvalue weighted by Crippen LogP contribution is 2.36. The molecule has 0 atom stereocenters. The van der Waals surface area contributed by atoms with E-state index < -0.39 is 10.0 Å². The van der Waals surface area contributed by atoms with Crippen molar-refractivity contribution in [1.29, 1.82) is 0 Å². The number of rotatable bonds is 9. The van der Waals surface area contributed by atoms with E-state index in [1.54, 1.807) is 30.3 Å². The fraction of sp³-hybridized carbons (Fsp3) is 0.409. The number of hydrogen-bond donors (Lipinski definition) is 1. The second-order valence-electron chi connectivity index (χ2n) is 7.29. The summed E-state index contributed by atoms with van der Waals surface area (Å²) in [7, 11) is -0.521. The van der Waals surface area contributed by atoms with E-state index in [4.69, 9.17) is 21.1 Å². The van der Waals surface area contributed by atoms with E-state index in [-0.39, 0.29) is 17.3 Å². The summed E-state index contributed by atoms with van der Waals surface area (Å²) in [5.74, 6) is 0.648. The maximum atomic E-state index is 12.8. The third kappa shape index (κ3) is 4.79. The van der Waals surface area contributed by atoms with E-state index in [0.29, 0.717) is 48.3 Å². The van der Waals surface area contributed by atoms with Crippen LogP contribution in [0.4, 0.5) is 11.4 Å². The van der Waals surface area contributed by atoms with Gasteiger partial charge in [-0.25, -0.2) is 8.42 Å². The highest BCUT2D eigenvalue weighted by Gasteiger charge is 2.27. The number of amides is 1. The van der Waals surface area contributed by atoms with E-state index in [1.165, 1.54) is 18.5 Å². The molecule has 0 saturated heterocycles. The van der Waals surface area contributed by atoms with Crippen LogP contribution in [-0.2, 0) is 21.2 Å². The van der Waals surface area contributed by atoms with Crippen LogP contribution >= 0.6 is 11.6 Å². The minimum absolute atomic E-state index is 0.113. The molecule has 0 radical (unpaired) electrons. The van der Waals surface area contributed by atoms with E-state index in [0.717, 1.165) is 11.3 Å². The standard InChI is InChI=1S/C22H28ClN3O5S/c1-5-26(6-2)32(28,29)16-7-8-19-15(11-16)9-10-25(19)14-22(27)24-18-12-17(23)20(30-3)13-21(18)31-4/h7-8,11-13H,5-6,9-10,14H2,1-4H3,(H,24,27). The van der Waals surface area contributed by atoms with Crippen molar-refractivity contribution in [3.8, 4) is 11.5 Å². The molecule has 1 amide bonds. The van der Waals surface area contributed by atoms with Crippen molar-refractivity contribution in [3.05, 3.63) is 40.9 Å². The minimum atomic E-state index is -3.52. The Bertz CT molecular complexity index is 1100. The quantitative estimate of drug-likeness (QED) is 0.590. The first-order chi connectivity index (χ1) is 15.2. The van der Waals surface area contributed by atoms with Crippen LogP contribution in [0.1, 0.15) is 19.4 Å². The predicted molar refractivity (Wildman–Crippen MR) is 126 cm³/mol. The molecule has 0 saturated carbocycles. The summed E-state index contributed by atoms with van der Waals surface area (Å²) in [4.78, 5) is 14.9. The molecule has 32 heavy (non-hydrogen) atoms. The summed E-state index contributed by atoms with van der Waals surface area (Å²) in [6, 6.07) is 8.29. The zero-order valence-corrected chi connectivity index (χ0v) is 20.2. The number of ether oxygens (including phenoxy) is 2. The molecule has 174 valence electrons. The Morgan fingerprint density at radius 1 is 1.12 bits per heavy atom. The van der Waals surface area contributed by atoms with Crippen LogP contribution in [0.25, 0.3) is 0 Å². The number of halogens is 1. The molecule has 0 unspecified atom stereocenters. The lowest BCUT2D eigenvalue weighted by atomic mass is 10.2. The van der Waals surface area contributed by atoms with Gasteiger partial charge in [-0.2, -0.15) is 4.31 Å². The van der Waals surface area contributed by atoms with Gasteiger partial charge in [-0.3, -0.25) is 4.79 Å². The van der Waals surface area contributed by atoms with E-state index >= 15 is 0 Å². The van der Waals surface area contributed by atoms with E-state index in [1.807, 2.05) is 18.7 Å². The number of nitrogens with one attached hydrogen (secondary N) is 1. The molecule has 1 aliphatic rings. The van der Waals surface area contributed by atoms with Crippen LogP contribution in [0.15, 0.2) is 35.2 Å². The van der Waals surface area contributed by atoms with Gasteiger partial charge in [-0.1, -0.05) is 25.4 Å². The molecule has 0 aliphatic carbocycles. The lowest BCUT2D eigenvalue weighted by Crippen LogP contribution is -2.32. The molecule has 1 aliphatic heterocycles. The first-order valence-electron chi connectivity index (χ1n) is 10.3. The van der Waals surface area contributed by atoms with Crippen molar-refractivity contribution in [1.82, 2.24) is 4.31 Å². The summed E-state index contributed by atoms with van der Waals surface area (Å²) < 4.78 is 37.5. The first-order valence-corrected chi connectivity index (χ1v) is 12.2. The molecule has 0 fully saturated rings. The Morgan fingerprint density at radius 2 is 1.81 bits per heavy atom. The van der Waals surface area contributed by atoms with E-state index in [2.05, 4.69) is 5.32 Å². The lowest BCUT2D eigenvalue weighted by Gasteiger charge is -2.21. The van der Waals surface area contributed by atoms with Gasteiger partial charge in [-0.15, -0.1) is 0 Å². The maximum Gasteiger partial charge on any atom is 0.243 e. The summed E-state index contributed by atoms with van der Waals surface area (Å²) >= 11 is 6.18. The van der Waals surface area contributed by atoms with Crippen LogP contribution in [0, 0.1) is 0 Å². The third-order valence-corrected chi connectivity index (χ3v) is 7.81. The van der Waals surface area contributed by atoms with Gasteiger partial charge in [-0.05, 0) is 36.2 Å². The monoisotopic (exact) mass is 481 g/mol. The van der Waals surface area contributed by atoms with Crippen LogP contribution in [0.5, 0.6) is 11.5 Å². The Kier molecular flexibility index (Phi) is 7.53. The van der Waals surface area contributed by atoms with Crippen LogP contribution in [0.2, 0.25) is 5.02 Å². The molecule has 10 heteroatoms. The number of carbonyl (C=O) groups excluding carboxylic acids is 1. The van der Waals surface area contributed by atoms with Gasteiger partial charge in [0.1, 0.15) is 11.5 Å². The second kappa shape index (κ2) is 9.97. The summed E-state index contributed by atoms with van der Waals surface area (Å²) in [6.07, 6.45) is 0.669. The van der Waals surface area contributed by atoms with E-state index in [9.17, 15) is 13.2 Å². The minimum Gasteiger partial charge on any atom is -0.495 e. The van der Waals surface area contributed by atoms with Gasteiger partial charge in [0.15, 0.2) is 0 Å². The number of nitrogens with zero attached hydrogens (tertiary/aromatic N) is 2. The molecule has 1 heterocycles. The Labute approximate surface area is 194 Å². The number of benzene rings is 2. The van der Waals surface area contributed by atoms with Gasteiger partial charge in [0.25, 0.3) is 0 Å². The topological polar surface area (TPSA) is 88.2 Å². The van der Waals surface area contributed by atoms with Gasteiger partial charge in [0.05, 0.1) is 36.4 Å². The van der Waals surface area contributed by atoms with Crippen LogP contribution < -0.4 is 19.7 Å². The fourth-order valence-electron chi connectivity index (χ4n) is 3.80. The van der Waals surface area contributed by atoms with Crippen molar-refractivity contribution >= 4 is 38.9 Å². The fourth-order valence-corrected chi connectivity index (χ4v) is 5.55. The average molecular weight is 482 g/mol. The smallest absolute Gasteiger partial charge is 0.243 e. The third-order valence-electron chi connectivity index (χ3n) is 5.47. The molecular formula is C22H28ClN3O5S. The van der Waals surface area contributed by atoms with Gasteiger partial charge < -0.3 is 19.7 Å². The molecule has 0 spiro atoms. The molecule has 2 aromatic carbocycles.